The molecule has 0 saturated carbocycles. The van der Waals surface area contributed by atoms with E-state index in [1.54, 1.807) is 4.68 Å². The fraction of sp³-hybridized carbons (Fsp3) is 0.417. The molecule has 96 valence electrons. The molecule has 0 fully saturated rings. The molecule has 0 saturated heterocycles. The molecule has 2 aromatic heterocycles. The van der Waals surface area contributed by atoms with Gasteiger partial charge >= 0.3 is 0 Å². The van der Waals surface area contributed by atoms with Gasteiger partial charge in [0, 0.05) is 30.9 Å². The summed E-state index contributed by atoms with van der Waals surface area (Å²) in [7, 11) is 1.91. The van der Waals surface area contributed by atoms with E-state index in [9.17, 15) is 0 Å². The van der Waals surface area contributed by atoms with Crippen LogP contribution in [0.2, 0.25) is 0 Å². The predicted octanol–water partition coefficient (Wildman–Crippen LogP) is 1.28. The molecule has 3 N–H and O–H groups in total. The topological polar surface area (TPSA) is 81.6 Å². The minimum atomic E-state index is 0.540. The van der Waals surface area contributed by atoms with Gasteiger partial charge in [-0.25, -0.2) is 9.97 Å². The lowest BCUT2D eigenvalue weighted by Gasteiger charge is -2.10. The summed E-state index contributed by atoms with van der Waals surface area (Å²) in [4.78, 5) is 8.23. The predicted molar refractivity (Wildman–Crippen MR) is 71.1 cm³/mol. The smallest absolute Gasteiger partial charge is 0.134 e. The Bertz CT molecular complexity index is 545. The maximum absolute atomic E-state index is 5.83. The van der Waals surface area contributed by atoms with Crippen LogP contribution < -0.4 is 11.1 Å². The average molecular weight is 246 g/mol. The van der Waals surface area contributed by atoms with Crippen LogP contribution in [0.4, 0.5) is 11.6 Å². The lowest BCUT2D eigenvalue weighted by atomic mass is 10.2. The SMILES string of the molecule is CCc1c(N)ncnc1NCc1cn(C)nc1C. The first-order valence-corrected chi connectivity index (χ1v) is 5.94. The molecule has 0 aliphatic rings. The summed E-state index contributed by atoms with van der Waals surface area (Å²) in [6.45, 7) is 4.71. The molecule has 0 aliphatic heterocycles. The maximum Gasteiger partial charge on any atom is 0.134 e. The minimum Gasteiger partial charge on any atom is -0.383 e. The highest BCUT2D eigenvalue weighted by Crippen LogP contribution is 2.18. The Morgan fingerprint density at radius 1 is 1.39 bits per heavy atom. The zero-order valence-corrected chi connectivity index (χ0v) is 10.9. The Balaban J connectivity index is 2.15. The van der Waals surface area contributed by atoms with Crippen LogP contribution in [0.25, 0.3) is 0 Å². The molecular formula is C12H18N6. The van der Waals surface area contributed by atoms with Crippen molar-refractivity contribution in [2.24, 2.45) is 7.05 Å². The highest BCUT2D eigenvalue weighted by Gasteiger charge is 2.08. The third kappa shape index (κ3) is 2.42. The first kappa shape index (κ1) is 12.3. The Hall–Kier alpha value is -2.11. The Labute approximate surface area is 106 Å². The molecule has 0 unspecified atom stereocenters. The minimum absolute atomic E-state index is 0.540. The third-order valence-electron chi connectivity index (χ3n) is 2.89. The van der Waals surface area contributed by atoms with E-state index in [1.807, 2.05) is 27.1 Å². The molecule has 6 nitrogen and oxygen atoms in total. The molecule has 0 atom stereocenters. The number of hydrogen-bond donors (Lipinski definition) is 2. The van der Waals surface area contributed by atoms with E-state index < -0.39 is 0 Å². The largest absolute Gasteiger partial charge is 0.383 e. The Kier molecular flexibility index (Phi) is 3.45. The van der Waals surface area contributed by atoms with Crippen LogP contribution in [0.3, 0.4) is 0 Å². The lowest BCUT2D eigenvalue weighted by Crippen LogP contribution is -2.08. The number of nitrogen functional groups attached to an aromatic ring is 1. The number of rotatable bonds is 4. The zero-order valence-electron chi connectivity index (χ0n) is 10.9. The van der Waals surface area contributed by atoms with E-state index in [2.05, 4.69) is 20.4 Å². The van der Waals surface area contributed by atoms with Crippen molar-refractivity contribution in [2.45, 2.75) is 26.8 Å². The van der Waals surface area contributed by atoms with Crippen LogP contribution in [-0.2, 0) is 20.0 Å². The standard InChI is InChI=1S/C12H18N6/c1-4-10-11(13)15-7-16-12(10)14-5-9-6-18(3)17-8(9)2/h6-7H,4-5H2,1-3H3,(H3,13,14,15,16). The molecule has 2 heterocycles. The van der Waals surface area contributed by atoms with Gasteiger partial charge in [-0.15, -0.1) is 0 Å². The Morgan fingerprint density at radius 2 is 2.17 bits per heavy atom. The van der Waals surface area contributed by atoms with Crippen molar-refractivity contribution in [1.82, 2.24) is 19.7 Å². The molecule has 2 rings (SSSR count). The lowest BCUT2D eigenvalue weighted by molar-refractivity contribution is 0.756. The molecular weight excluding hydrogens is 228 g/mol. The van der Waals surface area contributed by atoms with Crippen molar-refractivity contribution in [3.8, 4) is 0 Å². The van der Waals surface area contributed by atoms with Crippen LogP contribution in [-0.4, -0.2) is 19.7 Å². The first-order chi connectivity index (χ1) is 8.61. The summed E-state index contributed by atoms with van der Waals surface area (Å²) >= 11 is 0. The number of aryl methyl sites for hydroxylation is 2. The highest BCUT2D eigenvalue weighted by atomic mass is 15.3. The van der Waals surface area contributed by atoms with E-state index in [0.29, 0.717) is 12.4 Å². The van der Waals surface area contributed by atoms with Gasteiger partial charge in [-0.1, -0.05) is 6.92 Å². The molecule has 0 amide bonds. The van der Waals surface area contributed by atoms with E-state index in [1.165, 1.54) is 6.33 Å². The molecule has 2 aromatic rings. The summed E-state index contributed by atoms with van der Waals surface area (Å²) in [5.41, 5.74) is 8.95. The van der Waals surface area contributed by atoms with E-state index in [0.717, 1.165) is 29.1 Å². The fourth-order valence-corrected chi connectivity index (χ4v) is 1.93. The molecule has 0 aromatic carbocycles. The van der Waals surface area contributed by atoms with E-state index >= 15 is 0 Å². The summed E-state index contributed by atoms with van der Waals surface area (Å²) in [6, 6.07) is 0. The van der Waals surface area contributed by atoms with Gasteiger partial charge in [0.2, 0.25) is 0 Å². The molecule has 0 spiro atoms. The van der Waals surface area contributed by atoms with Crippen LogP contribution in [0.15, 0.2) is 12.5 Å². The van der Waals surface area contributed by atoms with Gasteiger partial charge in [0.05, 0.1) is 5.69 Å². The van der Waals surface area contributed by atoms with Crippen molar-refractivity contribution >= 4 is 11.6 Å². The number of nitrogens with one attached hydrogen (secondary N) is 1. The summed E-state index contributed by atoms with van der Waals surface area (Å²) in [6.07, 6.45) is 4.28. The van der Waals surface area contributed by atoms with Gasteiger partial charge in [-0.05, 0) is 13.3 Å². The summed E-state index contributed by atoms with van der Waals surface area (Å²) in [5, 5.41) is 7.59. The van der Waals surface area contributed by atoms with Gasteiger partial charge in [0.1, 0.15) is 18.0 Å². The van der Waals surface area contributed by atoms with Crippen molar-refractivity contribution in [1.29, 1.82) is 0 Å². The van der Waals surface area contributed by atoms with Gasteiger partial charge in [-0.2, -0.15) is 5.10 Å². The number of hydrogen-bond acceptors (Lipinski definition) is 5. The highest BCUT2D eigenvalue weighted by molar-refractivity contribution is 5.55. The molecule has 6 heteroatoms. The van der Waals surface area contributed by atoms with Crippen molar-refractivity contribution in [3.05, 3.63) is 29.3 Å². The van der Waals surface area contributed by atoms with Crippen molar-refractivity contribution in [2.75, 3.05) is 11.1 Å². The van der Waals surface area contributed by atoms with Crippen molar-refractivity contribution in [3.63, 3.8) is 0 Å². The van der Waals surface area contributed by atoms with Gasteiger partial charge in [0.15, 0.2) is 0 Å². The first-order valence-electron chi connectivity index (χ1n) is 5.94. The van der Waals surface area contributed by atoms with Crippen LogP contribution in [0.1, 0.15) is 23.7 Å². The van der Waals surface area contributed by atoms with Crippen LogP contribution in [0.5, 0.6) is 0 Å². The van der Waals surface area contributed by atoms with Crippen molar-refractivity contribution < 1.29 is 0 Å². The average Bonchev–Trinajstić information content (AvgIpc) is 2.65. The normalized spacial score (nSPS) is 10.6. The quantitative estimate of drug-likeness (QED) is 0.849. The third-order valence-corrected chi connectivity index (χ3v) is 2.89. The second-order valence-electron chi connectivity index (χ2n) is 4.21. The fourth-order valence-electron chi connectivity index (χ4n) is 1.93. The maximum atomic E-state index is 5.83. The molecule has 0 radical (unpaired) electrons. The molecule has 0 bridgehead atoms. The van der Waals surface area contributed by atoms with E-state index in [-0.39, 0.29) is 0 Å². The monoisotopic (exact) mass is 246 g/mol. The number of aromatic nitrogens is 4. The number of nitrogens with zero attached hydrogens (tertiary/aromatic N) is 4. The second-order valence-corrected chi connectivity index (χ2v) is 4.21. The van der Waals surface area contributed by atoms with Crippen LogP contribution in [0, 0.1) is 6.92 Å². The number of nitrogens with two attached hydrogens (primary N) is 1. The molecule has 0 aliphatic carbocycles. The molecule has 18 heavy (non-hydrogen) atoms. The van der Waals surface area contributed by atoms with Gasteiger partial charge in [0.25, 0.3) is 0 Å². The van der Waals surface area contributed by atoms with Crippen LogP contribution >= 0.6 is 0 Å². The van der Waals surface area contributed by atoms with E-state index in [4.69, 9.17) is 5.73 Å². The summed E-state index contributed by atoms with van der Waals surface area (Å²) in [5.74, 6) is 1.34. The number of anilines is 2. The summed E-state index contributed by atoms with van der Waals surface area (Å²) < 4.78 is 1.81. The Morgan fingerprint density at radius 3 is 2.78 bits per heavy atom. The second kappa shape index (κ2) is 5.03. The van der Waals surface area contributed by atoms with Gasteiger partial charge < -0.3 is 11.1 Å². The van der Waals surface area contributed by atoms with Gasteiger partial charge in [-0.3, -0.25) is 4.68 Å². The zero-order chi connectivity index (χ0) is 13.1.